The van der Waals surface area contributed by atoms with Crippen molar-refractivity contribution in [2.45, 2.75) is 6.42 Å². The van der Waals surface area contributed by atoms with Gasteiger partial charge in [0, 0.05) is 32.4 Å². The molecule has 2 rings (SSSR count). The summed E-state index contributed by atoms with van der Waals surface area (Å²) >= 11 is 0. The molecule has 0 saturated heterocycles. The molecule has 0 spiro atoms. The molecule has 7 nitrogen and oxygen atoms in total. The molecule has 7 heteroatoms. The standard InChI is InChI=1S/C9H12N6O/c1-15-6-13-7(14-15)2-3-10-8-9(16)12-5-4-11-8/h4-6H,2-3H2,1H3,(H,10,11)(H,12,16). The number of rotatable bonds is 4. The van der Waals surface area contributed by atoms with Gasteiger partial charge in [-0.1, -0.05) is 0 Å². The van der Waals surface area contributed by atoms with E-state index in [1.165, 1.54) is 12.4 Å². The fourth-order valence-electron chi connectivity index (χ4n) is 1.27. The molecule has 2 N–H and O–H groups in total. The minimum atomic E-state index is -0.225. The molecule has 2 heterocycles. The summed E-state index contributed by atoms with van der Waals surface area (Å²) in [7, 11) is 1.81. The van der Waals surface area contributed by atoms with Crippen LogP contribution in [-0.2, 0) is 13.5 Å². The molecular formula is C9H12N6O. The molecular weight excluding hydrogens is 208 g/mol. The van der Waals surface area contributed by atoms with E-state index in [2.05, 4.69) is 25.4 Å². The van der Waals surface area contributed by atoms with Crippen molar-refractivity contribution < 1.29 is 0 Å². The van der Waals surface area contributed by atoms with Crippen LogP contribution in [-0.4, -0.2) is 31.3 Å². The zero-order valence-corrected chi connectivity index (χ0v) is 8.84. The van der Waals surface area contributed by atoms with E-state index in [1.807, 2.05) is 7.05 Å². The van der Waals surface area contributed by atoms with Gasteiger partial charge >= 0.3 is 0 Å². The molecule has 0 bridgehead atoms. The van der Waals surface area contributed by atoms with E-state index in [9.17, 15) is 4.79 Å². The van der Waals surface area contributed by atoms with Crippen LogP contribution in [0.25, 0.3) is 0 Å². The summed E-state index contributed by atoms with van der Waals surface area (Å²) in [5.41, 5.74) is -0.225. The summed E-state index contributed by atoms with van der Waals surface area (Å²) < 4.78 is 1.64. The summed E-state index contributed by atoms with van der Waals surface area (Å²) in [5.74, 6) is 1.06. The fraction of sp³-hybridized carbons (Fsp3) is 0.333. The van der Waals surface area contributed by atoms with Crippen molar-refractivity contribution in [3.8, 4) is 0 Å². The molecule has 0 saturated carbocycles. The monoisotopic (exact) mass is 220 g/mol. The molecule has 0 radical (unpaired) electrons. The molecule has 84 valence electrons. The van der Waals surface area contributed by atoms with Gasteiger partial charge < -0.3 is 10.3 Å². The number of nitrogens with one attached hydrogen (secondary N) is 2. The largest absolute Gasteiger partial charge is 0.365 e. The van der Waals surface area contributed by atoms with Gasteiger partial charge in [-0.05, 0) is 0 Å². The van der Waals surface area contributed by atoms with E-state index in [0.29, 0.717) is 18.8 Å². The topological polar surface area (TPSA) is 88.5 Å². The van der Waals surface area contributed by atoms with E-state index in [4.69, 9.17) is 0 Å². The van der Waals surface area contributed by atoms with Crippen molar-refractivity contribution in [1.82, 2.24) is 24.7 Å². The zero-order chi connectivity index (χ0) is 11.4. The van der Waals surface area contributed by atoms with Gasteiger partial charge in [0.1, 0.15) is 6.33 Å². The average Bonchev–Trinajstić information content (AvgIpc) is 2.67. The highest BCUT2D eigenvalue weighted by Crippen LogP contribution is 1.93. The Morgan fingerprint density at radius 2 is 2.38 bits per heavy atom. The Hall–Kier alpha value is -2.18. The minimum absolute atomic E-state index is 0.225. The van der Waals surface area contributed by atoms with Crippen LogP contribution in [0.2, 0.25) is 0 Å². The van der Waals surface area contributed by atoms with Gasteiger partial charge in [-0.3, -0.25) is 9.48 Å². The lowest BCUT2D eigenvalue weighted by atomic mass is 10.4. The Labute approximate surface area is 91.6 Å². The van der Waals surface area contributed by atoms with Gasteiger partial charge in [0.05, 0.1) is 0 Å². The third kappa shape index (κ3) is 2.44. The first-order valence-electron chi connectivity index (χ1n) is 4.88. The number of hydrogen-bond donors (Lipinski definition) is 2. The maximum atomic E-state index is 11.2. The third-order valence-electron chi connectivity index (χ3n) is 2.00. The molecule has 0 atom stereocenters. The smallest absolute Gasteiger partial charge is 0.290 e. The Balaban J connectivity index is 1.89. The molecule has 0 aliphatic rings. The number of hydrogen-bond acceptors (Lipinski definition) is 5. The molecule has 0 fully saturated rings. The molecule has 0 amide bonds. The predicted molar refractivity (Wildman–Crippen MR) is 58.1 cm³/mol. The molecule has 2 aromatic rings. The number of aryl methyl sites for hydroxylation is 1. The number of aromatic nitrogens is 5. The molecule has 2 aromatic heterocycles. The number of anilines is 1. The van der Waals surface area contributed by atoms with Crippen molar-refractivity contribution in [2.75, 3.05) is 11.9 Å². The Bertz CT molecular complexity index is 516. The third-order valence-corrected chi connectivity index (χ3v) is 2.00. The van der Waals surface area contributed by atoms with Gasteiger partial charge in [0.15, 0.2) is 11.6 Å². The number of nitrogens with zero attached hydrogens (tertiary/aromatic N) is 4. The van der Waals surface area contributed by atoms with Crippen molar-refractivity contribution in [3.63, 3.8) is 0 Å². The van der Waals surface area contributed by atoms with Crippen LogP contribution >= 0.6 is 0 Å². The fourth-order valence-corrected chi connectivity index (χ4v) is 1.27. The van der Waals surface area contributed by atoms with E-state index in [-0.39, 0.29) is 5.56 Å². The molecule has 0 aliphatic carbocycles. The second-order valence-corrected chi connectivity index (χ2v) is 3.28. The van der Waals surface area contributed by atoms with Crippen molar-refractivity contribution in [3.05, 3.63) is 34.9 Å². The molecule has 16 heavy (non-hydrogen) atoms. The van der Waals surface area contributed by atoms with Gasteiger partial charge in [0.25, 0.3) is 5.56 Å². The van der Waals surface area contributed by atoms with Gasteiger partial charge in [-0.25, -0.2) is 9.97 Å². The molecule has 0 unspecified atom stereocenters. The lowest BCUT2D eigenvalue weighted by molar-refractivity contribution is 0.741. The number of aromatic amines is 1. The molecule has 0 aromatic carbocycles. The van der Waals surface area contributed by atoms with E-state index in [0.717, 1.165) is 5.82 Å². The van der Waals surface area contributed by atoms with Crippen molar-refractivity contribution in [1.29, 1.82) is 0 Å². The second-order valence-electron chi connectivity index (χ2n) is 3.28. The lowest BCUT2D eigenvalue weighted by Crippen LogP contribution is -2.17. The summed E-state index contributed by atoms with van der Waals surface area (Å²) in [6.45, 7) is 0.574. The van der Waals surface area contributed by atoms with E-state index in [1.54, 1.807) is 11.0 Å². The number of H-pyrrole nitrogens is 1. The summed E-state index contributed by atoms with van der Waals surface area (Å²) in [6.07, 6.45) is 5.32. The second kappa shape index (κ2) is 4.56. The summed E-state index contributed by atoms with van der Waals surface area (Å²) in [5, 5.41) is 7.05. The molecule has 0 aliphatic heterocycles. The highest BCUT2D eigenvalue weighted by atomic mass is 16.1. The van der Waals surface area contributed by atoms with Gasteiger partial charge in [0.2, 0.25) is 0 Å². The SMILES string of the molecule is Cn1cnc(CCNc2ncc[nH]c2=O)n1. The average molecular weight is 220 g/mol. The first-order valence-corrected chi connectivity index (χ1v) is 4.88. The van der Waals surface area contributed by atoms with Crippen LogP contribution in [0.4, 0.5) is 5.82 Å². The van der Waals surface area contributed by atoms with E-state index < -0.39 is 0 Å². The summed E-state index contributed by atoms with van der Waals surface area (Å²) in [4.78, 5) is 21.8. The van der Waals surface area contributed by atoms with Crippen molar-refractivity contribution >= 4 is 5.82 Å². The van der Waals surface area contributed by atoms with Gasteiger partial charge in [-0.15, -0.1) is 0 Å². The van der Waals surface area contributed by atoms with Crippen LogP contribution < -0.4 is 10.9 Å². The van der Waals surface area contributed by atoms with Crippen molar-refractivity contribution in [2.24, 2.45) is 7.05 Å². The van der Waals surface area contributed by atoms with Crippen LogP contribution in [0.5, 0.6) is 0 Å². The maximum absolute atomic E-state index is 11.2. The van der Waals surface area contributed by atoms with Crippen LogP contribution in [0.15, 0.2) is 23.5 Å². The Morgan fingerprint density at radius 3 is 3.06 bits per heavy atom. The summed E-state index contributed by atoms with van der Waals surface area (Å²) in [6, 6.07) is 0. The van der Waals surface area contributed by atoms with Crippen LogP contribution in [0, 0.1) is 0 Å². The maximum Gasteiger partial charge on any atom is 0.290 e. The highest BCUT2D eigenvalue weighted by Gasteiger charge is 2.01. The quantitative estimate of drug-likeness (QED) is 0.728. The lowest BCUT2D eigenvalue weighted by Gasteiger charge is -2.01. The Kier molecular flexibility index (Phi) is 2.95. The first kappa shape index (κ1) is 10.3. The van der Waals surface area contributed by atoms with Gasteiger partial charge in [-0.2, -0.15) is 5.10 Å². The van der Waals surface area contributed by atoms with E-state index >= 15 is 0 Å². The first-order chi connectivity index (χ1) is 7.75. The zero-order valence-electron chi connectivity index (χ0n) is 8.84. The highest BCUT2D eigenvalue weighted by molar-refractivity contribution is 5.29. The van der Waals surface area contributed by atoms with Crippen LogP contribution in [0.3, 0.4) is 0 Å². The predicted octanol–water partition coefficient (Wildman–Crippen LogP) is -0.447. The normalized spacial score (nSPS) is 10.3. The minimum Gasteiger partial charge on any atom is -0.365 e. The van der Waals surface area contributed by atoms with Crippen LogP contribution in [0.1, 0.15) is 5.82 Å². The Morgan fingerprint density at radius 1 is 1.50 bits per heavy atom.